The van der Waals surface area contributed by atoms with E-state index in [1.54, 1.807) is 6.08 Å². The topological polar surface area (TPSA) is 46.6 Å². The number of ether oxygens (including phenoxy) is 1. The minimum Gasteiger partial charge on any atom is -0.444 e. The summed E-state index contributed by atoms with van der Waals surface area (Å²) >= 11 is 0. The highest BCUT2D eigenvalue weighted by Gasteiger charge is 2.29. The van der Waals surface area contributed by atoms with Gasteiger partial charge in [0.2, 0.25) is 0 Å². The fourth-order valence-corrected chi connectivity index (χ4v) is 1.73. The summed E-state index contributed by atoms with van der Waals surface area (Å²) in [5.74, 6) is 0.272. The number of nitrogens with zero attached hydrogens (tertiary/aromatic N) is 1. The molecule has 4 heteroatoms. The Morgan fingerprint density at radius 3 is 2.39 bits per heavy atom. The lowest BCUT2D eigenvalue weighted by Crippen LogP contribution is -2.42. The van der Waals surface area contributed by atoms with Crippen molar-refractivity contribution in [1.29, 1.82) is 0 Å². The van der Waals surface area contributed by atoms with Crippen LogP contribution < -0.4 is 0 Å². The number of carbonyl (C=O) groups excluding carboxylic acids is 2. The summed E-state index contributed by atoms with van der Waals surface area (Å²) < 4.78 is 5.27. The Morgan fingerprint density at radius 2 is 2.00 bits per heavy atom. The molecule has 0 saturated heterocycles. The maximum absolute atomic E-state index is 11.9. The third-order valence-corrected chi connectivity index (χ3v) is 2.91. The van der Waals surface area contributed by atoms with Gasteiger partial charge in [-0.1, -0.05) is 12.5 Å². The Labute approximate surface area is 109 Å². The molecule has 0 N–H and O–H groups in total. The molecule has 0 aromatic heterocycles. The van der Waals surface area contributed by atoms with Crippen LogP contribution in [0.1, 0.15) is 40.0 Å². The fourth-order valence-electron chi connectivity index (χ4n) is 1.73. The molecule has 102 valence electrons. The van der Waals surface area contributed by atoms with Crippen LogP contribution in [0.5, 0.6) is 0 Å². The second kappa shape index (κ2) is 6.03. The average Bonchev–Trinajstić information content (AvgIpc) is 2.11. The van der Waals surface area contributed by atoms with Gasteiger partial charge in [0.1, 0.15) is 5.60 Å². The molecule has 0 unspecified atom stereocenters. The lowest BCUT2D eigenvalue weighted by atomic mass is 9.82. The predicted molar refractivity (Wildman–Crippen MR) is 70.4 cm³/mol. The van der Waals surface area contributed by atoms with Gasteiger partial charge < -0.3 is 4.74 Å². The summed E-state index contributed by atoms with van der Waals surface area (Å²) in [6.07, 6.45) is 4.18. The van der Waals surface area contributed by atoms with Crippen LogP contribution in [-0.2, 0) is 9.53 Å². The standard InChI is InChI=1S/C14H23NO3/c1-5-9-15(13(17)18-14(2,3)4)10-12(16)11-7-6-8-11/h5,11H,1,6-10H2,2-4H3. The highest BCUT2D eigenvalue weighted by Crippen LogP contribution is 2.27. The normalized spacial score (nSPS) is 15.7. The summed E-state index contributed by atoms with van der Waals surface area (Å²) in [6.45, 7) is 9.51. The van der Waals surface area contributed by atoms with Gasteiger partial charge in [-0.2, -0.15) is 0 Å². The molecule has 0 aliphatic heterocycles. The molecule has 0 aromatic rings. The second-order valence-electron chi connectivity index (χ2n) is 5.74. The Morgan fingerprint density at radius 1 is 1.39 bits per heavy atom. The molecule has 1 aliphatic carbocycles. The maximum atomic E-state index is 11.9. The van der Waals surface area contributed by atoms with Crippen molar-refractivity contribution in [2.45, 2.75) is 45.6 Å². The first-order chi connectivity index (χ1) is 8.33. The predicted octanol–water partition coefficient (Wildman–Crippen LogP) is 2.78. The Kier molecular flexibility index (Phi) is 4.93. The van der Waals surface area contributed by atoms with Crippen LogP contribution in [0.3, 0.4) is 0 Å². The molecule has 0 aromatic carbocycles. The van der Waals surface area contributed by atoms with Crippen molar-refractivity contribution in [3.63, 3.8) is 0 Å². The van der Waals surface area contributed by atoms with E-state index in [-0.39, 0.29) is 18.2 Å². The van der Waals surface area contributed by atoms with Crippen LogP contribution in [-0.4, -0.2) is 35.5 Å². The molecule has 1 amide bonds. The van der Waals surface area contributed by atoms with Crippen molar-refractivity contribution in [2.24, 2.45) is 5.92 Å². The number of Topliss-reactive ketones (excluding diaryl/α,β-unsaturated/α-hetero) is 1. The zero-order valence-electron chi connectivity index (χ0n) is 11.6. The van der Waals surface area contributed by atoms with Gasteiger partial charge in [0.05, 0.1) is 6.54 Å². The van der Waals surface area contributed by atoms with Gasteiger partial charge >= 0.3 is 6.09 Å². The quantitative estimate of drug-likeness (QED) is 0.708. The molecule has 0 heterocycles. The van der Waals surface area contributed by atoms with E-state index in [9.17, 15) is 9.59 Å². The van der Waals surface area contributed by atoms with E-state index in [0.717, 1.165) is 19.3 Å². The molecule has 1 saturated carbocycles. The summed E-state index contributed by atoms with van der Waals surface area (Å²) in [6, 6.07) is 0. The van der Waals surface area contributed by atoms with Crippen molar-refractivity contribution in [3.8, 4) is 0 Å². The van der Waals surface area contributed by atoms with Crippen molar-refractivity contribution in [2.75, 3.05) is 13.1 Å². The molecular formula is C14H23NO3. The van der Waals surface area contributed by atoms with Gasteiger partial charge in [0, 0.05) is 12.5 Å². The molecule has 1 fully saturated rings. The average molecular weight is 253 g/mol. The van der Waals surface area contributed by atoms with E-state index in [1.807, 2.05) is 20.8 Å². The van der Waals surface area contributed by atoms with Crippen molar-refractivity contribution >= 4 is 11.9 Å². The lowest BCUT2D eigenvalue weighted by molar-refractivity contribution is -0.126. The van der Waals surface area contributed by atoms with Crippen LogP contribution in [0.25, 0.3) is 0 Å². The SMILES string of the molecule is C=CCN(CC(=O)C1CCC1)C(=O)OC(C)(C)C. The molecule has 4 nitrogen and oxygen atoms in total. The van der Waals surface area contributed by atoms with Gasteiger partial charge in [0.25, 0.3) is 0 Å². The van der Waals surface area contributed by atoms with Crippen molar-refractivity contribution < 1.29 is 14.3 Å². The van der Waals surface area contributed by atoms with Crippen LogP contribution >= 0.6 is 0 Å². The molecule has 0 spiro atoms. The maximum Gasteiger partial charge on any atom is 0.410 e. The van der Waals surface area contributed by atoms with Crippen LogP contribution in [0.15, 0.2) is 12.7 Å². The summed E-state index contributed by atoms with van der Waals surface area (Å²) in [7, 11) is 0. The molecule has 0 radical (unpaired) electrons. The van der Waals surface area contributed by atoms with E-state index >= 15 is 0 Å². The Bertz CT molecular complexity index is 326. The third-order valence-electron chi connectivity index (χ3n) is 2.91. The monoisotopic (exact) mass is 253 g/mol. The van der Waals surface area contributed by atoms with E-state index in [2.05, 4.69) is 6.58 Å². The number of ketones is 1. The van der Waals surface area contributed by atoms with Gasteiger partial charge in [-0.3, -0.25) is 9.69 Å². The zero-order valence-corrected chi connectivity index (χ0v) is 11.6. The Balaban J connectivity index is 2.55. The summed E-state index contributed by atoms with van der Waals surface area (Å²) in [5.41, 5.74) is -0.546. The van der Waals surface area contributed by atoms with E-state index in [0.29, 0.717) is 6.54 Å². The highest BCUT2D eigenvalue weighted by molar-refractivity contribution is 5.86. The van der Waals surface area contributed by atoms with Gasteiger partial charge in [-0.25, -0.2) is 4.79 Å². The van der Waals surface area contributed by atoms with Gasteiger partial charge in [0.15, 0.2) is 5.78 Å². The third kappa shape index (κ3) is 4.51. The fraction of sp³-hybridized carbons (Fsp3) is 0.714. The number of rotatable bonds is 5. The first-order valence-corrected chi connectivity index (χ1v) is 6.45. The minimum absolute atomic E-state index is 0.131. The van der Waals surface area contributed by atoms with Gasteiger partial charge in [-0.05, 0) is 33.6 Å². The van der Waals surface area contributed by atoms with E-state index < -0.39 is 11.7 Å². The van der Waals surface area contributed by atoms with Crippen LogP contribution in [0.4, 0.5) is 4.79 Å². The largest absolute Gasteiger partial charge is 0.444 e. The zero-order chi connectivity index (χ0) is 13.8. The van der Waals surface area contributed by atoms with Crippen LogP contribution in [0, 0.1) is 5.92 Å². The molecular weight excluding hydrogens is 230 g/mol. The van der Waals surface area contributed by atoms with E-state index in [1.165, 1.54) is 4.90 Å². The Hall–Kier alpha value is -1.32. The van der Waals surface area contributed by atoms with E-state index in [4.69, 9.17) is 4.74 Å². The van der Waals surface area contributed by atoms with Crippen molar-refractivity contribution in [3.05, 3.63) is 12.7 Å². The molecule has 0 atom stereocenters. The summed E-state index contributed by atoms with van der Waals surface area (Å²) in [5, 5.41) is 0. The molecule has 0 bridgehead atoms. The first-order valence-electron chi connectivity index (χ1n) is 6.45. The van der Waals surface area contributed by atoms with Crippen molar-refractivity contribution in [1.82, 2.24) is 4.90 Å². The highest BCUT2D eigenvalue weighted by atomic mass is 16.6. The first kappa shape index (κ1) is 14.7. The lowest BCUT2D eigenvalue weighted by Gasteiger charge is -2.29. The number of hydrogen-bond acceptors (Lipinski definition) is 3. The number of hydrogen-bond donors (Lipinski definition) is 0. The summed E-state index contributed by atoms with van der Waals surface area (Å²) in [4.78, 5) is 25.2. The smallest absolute Gasteiger partial charge is 0.410 e. The second-order valence-corrected chi connectivity index (χ2v) is 5.74. The minimum atomic E-state index is -0.546. The molecule has 1 rings (SSSR count). The number of amides is 1. The van der Waals surface area contributed by atoms with Gasteiger partial charge in [-0.15, -0.1) is 6.58 Å². The number of carbonyl (C=O) groups is 2. The molecule has 18 heavy (non-hydrogen) atoms. The van der Waals surface area contributed by atoms with Crippen LogP contribution in [0.2, 0.25) is 0 Å². The molecule has 1 aliphatic rings.